The summed E-state index contributed by atoms with van der Waals surface area (Å²) in [7, 11) is 0. The third-order valence-electron chi connectivity index (χ3n) is 2.27. The van der Waals surface area contributed by atoms with Crippen LogP contribution in [0.4, 0.5) is 0 Å². The van der Waals surface area contributed by atoms with Crippen LogP contribution in [-0.2, 0) is 6.61 Å². The third kappa shape index (κ3) is 2.78. The van der Waals surface area contributed by atoms with Gasteiger partial charge in [-0.2, -0.15) is 0 Å². The van der Waals surface area contributed by atoms with E-state index in [4.69, 9.17) is 5.11 Å². The lowest BCUT2D eigenvalue weighted by Gasteiger charge is -1.97. The summed E-state index contributed by atoms with van der Waals surface area (Å²) in [4.78, 5) is 4.06. The Bertz CT molecular complexity index is 477. The number of benzene rings is 1. The summed E-state index contributed by atoms with van der Waals surface area (Å²) in [6.07, 6.45) is 7.46. The average molecular weight is 211 g/mol. The van der Waals surface area contributed by atoms with Gasteiger partial charge in [0, 0.05) is 12.4 Å². The summed E-state index contributed by atoms with van der Waals surface area (Å²) in [6, 6.07) is 12.0. The maximum Gasteiger partial charge on any atom is 0.0697 e. The molecule has 1 aromatic heterocycles. The highest BCUT2D eigenvalue weighted by Gasteiger charge is 1.92. The van der Waals surface area contributed by atoms with Crippen molar-refractivity contribution >= 4 is 12.2 Å². The molecule has 0 bridgehead atoms. The van der Waals surface area contributed by atoms with Crippen LogP contribution in [0.5, 0.6) is 0 Å². The number of hydrogen-bond donors (Lipinski definition) is 1. The van der Waals surface area contributed by atoms with Crippen molar-refractivity contribution in [3.8, 4) is 0 Å². The van der Waals surface area contributed by atoms with E-state index in [-0.39, 0.29) is 6.61 Å². The van der Waals surface area contributed by atoms with Gasteiger partial charge in [-0.25, -0.2) is 0 Å². The second kappa shape index (κ2) is 5.24. The minimum Gasteiger partial charge on any atom is -0.392 e. The highest BCUT2D eigenvalue weighted by atomic mass is 16.3. The molecule has 0 saturated carbocycles. The van der Waals surface area contributed by atoms with Crippen molar-refractivity contribution in [1.82, 2.24) is 4.98 Å². The second-order valence-corrected chi connectivity index (χ2v) is 3.53. The van der Waals surface area contributed by atoms with Crippen molar-refractivity contribution < 1.29 is 5.11 Å². The standard InChI is InChI=1S/C14H13NO/c16-11-14-8-13(9-15-10-14)7-6-12-4-2-1-3-5-12/h1-10,16H,11H2/b7-6+. The van der Waals surface area contributed by atoms with Crippen molar-refractivity contribution in [2.24, 2.45) is 0 Å². The molecule has 2 nitrogen and oxygen atoms in total. The molecule has 1 aromatic carbocycles. The normalized spacial score (nSPS) is 10.8. The molecular formula is C14H13NO. The summed E-state index contributed by atoms with van der Waals surface area (Å²) >= 11 is 0. The molecule has 16 heavy (non-hydrogen) atoms. The maximum atomic E-state index is 8.98. The highest BCUT2D eigenvalue weighted by Crippen LogP contribution is 2.08. The summed E-state index contributed by atoms with van der Waals surface area (Å²) in [5.41, 5.74) is 2.97. The number of rotatable bonds is 3. The molecular weight excluding hydrogens is 198 g/mol. The van der Waals surface area contributed by atoms with Gasteiger partial charge in [0.25, 0.3) is 0 Å². The first-order valence-electron chi connectivity index (χ1n) is 5.16. The molecule has 0 amide bonds. The summed E-state index contributed by atoms with van der Waals surface area (Å²) in [6.45, 7) is 0.0278. The van der Waals surface area contributed by atoms with Crippen LogP contribution in [0.25, 0.3) is 12.2 Å². The van der Waals surface area contributed by atoms with Gasteiger partial charge in [0.1, 0.15) is 0 Å². The monoisotopic (exact) mass is 211 g/mol. The van der Waals surface area contributed by atoms with Gasteiger partial charge >= 0.3 is 0 Å². The Labute approximate surface area is 94.9 Å². The first-order valence-corrected chi connectivity index (χ1v) is 5.16. The predicted molar refractivity (Wildman–Crippen MR) is 65.5 cm³/mol. The zero-order valence-corrected chi connectivity index (χ0v) is 8.88. The fourth-order valence-corrected chi connectivity index (χ4v) is 1.44. The van der Waals surface area contributed by atoms with Crippen LogP contribution >= 0.6 is 0 Å². The minimum atomic E-state index is 0.0278. The smallest absolute Gasteiger partial charge is 0.0697 e. The maximum absolute atomic E-state index is 8.98. The zero-order chi connectivity index (χ0) is 11.2. The fourth-order valence-electron chi connectivity index (χ4n) is 1.44. The Balaban J connectivity index is 2.17. The first-order chi connectivity index (χ1) is 7.88. The van der Waals surface area contributed by atoms with E-state index < -0.39 is 0 Å². The van der Waals surface area contributed by atoms with E-state index in [1.54, 1.807) is 12.4 Å². The SMILES string of the molecule is OCc1cncc(/C=C/c2ccccc2)c1. The zero-order valence-electron chi connectivity index (χ0n) is 8.88. The van der Waals surface area contributed by atoms with Crippen LogP contribution in [-0.4, -0.2) is 10.1 Å². The van der Waals surface area contributed by atoms with Crippen LogP contribution in [0.2, 0.25) is 0 Å². The Kier molecular flexibility index (Phi) is 3.46. The largest absolute Gasteiger partial charge is 0.392 e. The van der Waals surface area contributed by atoms with Gasteiger partial charge < -0.3 is 5.11 Å². The van der Waals surface area contributed by atoms with E-state index in [1.807, 2.05) is 48.6 Å². The summed E-state index contributed by atoms with van der Waals surface area (Å²) < 4.78 is 0. The Morgan fingerprint density at radius 1 is 1.00 bits per heavy atom. The van der Waals surface area contributed by atoms with Gasteiger partial charge in [0.15, 0.2) is 0 Å². The first kappa shape index (κ1) is 10.6. The lowest BCUT2D eigenvalue weighted by molar-refractivity contribution is 0.281. The lowest BCUT2D eigenvalue weighted by atomic mass is 10.1. The molecule has 2 aromatic rings. The van der Waals surface area contributed by atoms with Gasteiger partial charge in [-0.1, -0.05) is 42.5 Å². The number of aromatic nitrogens is 1. The number of nitrogens with zero attached hydrogens (tertiary/aromatic N) is 1. The van der Waals surface area contributed by atoms with Crippen LogP contribution in [0, 0.1) is 0 Å². The Hall–Kier alpha value is -1.93. The predicted octanol–water partition coefficient (Wildman–Crippen LogP) is 2.74. The third-order valence-corrected chi connectivity index (χ3v) is 2.27. The molecule has 2 heteroatoms. The van der Waals surface area contributed by atoms with Crippen molar-refractivity contribution in [2.75, 3.05) is 0 Å². The second-order valence-electron chi connectivity index (χ2n) is 3.53. The summed E-state index contributed by atoms with van der Waals surface area (Å²) in [5, 5.41) is 8.98. The fraction of sp³-hybridized carbons (Fsp3) is 0.0714. The van der Waals surface area contributed by atoms with E-state index in [1.165, 1.54) is 0 Å². The topological polar surface area (TPSA) is 33.1 Å². The van der Waals surface area contributed by atoms with E-state index in [2.05, 4.69) is 4.98 Å². The molecule has 1 heterocycles. The van der Waals surface area contributed by atoms with Gasteiger partial charge in [-0.05, 0) is 22.8 Å². The van der Waals surface area contributed by atoms with Gasteiger partial charge in [0.05, 0.1) is 6.61 Å². The number of pyridine rings is 1. The van der Waals surface area contributed by atoms with E-state index in [0.717, 1.165) is 16.7 Å². The molecule has 0 unspecified atom stereocenters. The van der Waals surface area contributed by atoms with Gasteiger partial charge in [-0.15, -0.1) is 0 Å². The molecule has 2 rings (SSSR count). The average Bonchev–Trinajstić information content (AvgIpc) is 2.38. The molecule has 0 radical (unpaired) electrons. The molecule has 0 atom stereocenters. The van der Waals surface area contributed by atoms with Crippen LogP contribution in [0.3, 0.4) is 0 Å². The van der Waals surface area contributed by atoms with Gasteiger partial charge in [0.2, 0.25) is 0 Å². The molecule has 0 spiro atoms. The van der Waals surface area contributed by atoms with Crippen molar-refractivity contribution in [3.63, 3.8) is 0 Å². The summed E-state index contributed by atoms with van der Waals surface area (Å²) in [5.74, 6) is 0. The van der Waals surface area contributed by atoms with Crippen LogP contribution in [0.15, 0.2) is 48.8 Å². The highest BCUT2D eigenvalue weighted by molar-refractivity contribution is 5.69. The van der Waals surface area contributed by atoms with Crippen LogP contribution in [0.1, 0.15) is 16.7 Å². The Morgan fingerprint density at radius 3 is 2.50 bits per heavy atom. The molecule has 0 fully saturated rings. The molecule has 1 N–H and O–H groups in total. The van der Waals surface area contributed by atoms with Crippen molar-refractivity contribution in [1.29, 1.82) is 0 Å². The van der Waals surface area contributed by atoms with Crippen LogP contribution < -0.4 is 0 Å². The van der Waals surface area contributed by atoms with Gasteiger partial charge in [-0.3, -0.25) is 4.98 Å². The molecule has 0 aliphatic rings. The molecule has 0 aliphatic heterocycles. The Morgan fingerprint density at radius 2 is 1.75 bits per heavy atom. The number of aliphatic hydroxyl groups is 1. The van der Waals surface area contributed by atoms with E-state index in [9.17, 15) is 0 Å². The van der Waals surface area contributed by atoms with Crippen molar-refractivity contribution in [2.45, 2.75) is 6.61 Å². The quantitative estimate of drug-likeness (QED) is 0.846. The molecule has 80 valence electrons. The lowest BCUT2D eigenvalue weighted by Crippen LogP contribution is -1.85. The van der Waals surface area contributed by atoms with E-state index >= 15 is 0 Å². The minimum absolute atomic E-state index is 0.0278. The van der Waals surface area contributed by atoms with Crippen molar-refractivity contribution in [3.05, 3.63) is 65.5 Å². The molecule has 0 aliphatic carbocycles. The number of hydrogen-bond acceptors (Lipinski definition) is 2. The molecule has 0 saturated heterocycles. The number of aliphatic hydroxyl groups excluding tert-OH is 1. The van der Waals surface area contributed by atoms with E-state index in [0.29, 0.717) is 0 Å².